The van der Waals surface area contributed by atoms with E-state index in [1.165, 1.54) is 0 Å². The van der Waals surface area contributed by atoms with Crippen LogP contribution in [-0.4, -0.2) is 17.7 Å². The van der Waals surface area contributed by atoms with Gasteiger partial charge in [0.1, 0.15) is 0 Å². The van der Waals surface area contributed by atoms with Gasteiger partial charge in [0.2, 0.25) is 0 Å². The molecule has 0 bridgehead atoms. The average molecular weight is 362 g/mol. The van der Waals surface area contributed by atoms with Crippen LogP contribution >= 0.6 is 15.9 Å². The van der Waals surface area contributed by atoms with Gasteiger partial charge in [-0.15, -0.1) is 0 Å². The first-order valence-corrected chi connectivity index (χ1v) is 7.30. The van der Waals surface area contributed by atoms with Gasteiger partial charge in [0.15, 0.2) is 0 Å². The maximum Gasteiger partial charge on any atom is 0.389 e. The van der Waals surface area contributed by atoms with Crippen molar-refractivity contribution in [1.29, 1.82) is 0 Å². The Morgan fingerprint density at radius 3 is 2.71 bits per heavy atom. The number of unbranched alkanes of at least 4 members (excludes halogenated alkanes) is 1. The minimum atomic E-state index is -4.08. The summed E-state index contributed by atoms with van der Waals surface area (Å²) < 4.78 is 37.0. The monoisotopic (exact) mass is 361 g/mol. The number of anilines is 2. The van der Waals surface area contributed by atoms with Gasteiger partial charge >= 0.3 is 6.18 Å². The molecule has 3 N–H and O–H groups in total. The predicted octanol–water partition coefficient (Wildman–Crippen LogP) is 4.72. The third-order valence-corrected chi connectivity index (χ3v) is 3.49. The first-order valence-electron chi connectivity index (χ1n) is 6.51. The summed E-state index contributed by atoms with van der Waals surface area (Å²) >= 11 is 3.34. The summed E-state index contributed by atoms with van der Waals surface area (Å²) in [5, 5.41) is 3.93. The van der Waals surface area contributed by atoms with Crippen LogP contribution in [0.5, 0.6) is 0 Å². The molecule has 21 heavy (non-hydrogen) atoms. The number of nitrogens with zero attached hydrogens (tertiary/aromatic N) is 1. The molecule has 7 heteroatoms. The standard InChI is InChI=1S/C14H15BrF3N3/c15-9-7-10-11(19)3-4-12(13(10)21-8-9)20-6-2-1-5-14(16,17)18/h3-4,7-8,20H,1-2,5-6,19H2. The Labute approximate surface area is 128 Å². The van der Waals surface area contributed by atoms with Gasteiger partial charge in [0, 0.05) is 34.7 Å². The van der Waals surface area contributed by atoms with Crippen LogP contribution in [0.3, 0.4) is 0 Å². The van der Waals surface area contributed by atoms with E-state index in [1.807, 2.05) is 6.07 Å². The maximum atomic E-state index is 12.0. The lowest BCUT2D eigenvalue weighted by atomic mass is 10.1. The van der Waals surface area contributed by atoms with E-state index < -0.39 is 12.6 Å². The van der Waals surface area contributed by atoms with Gasteiger partial charge < -0.3 is 11.1 Å². The third-order valence-electron chi connectivity index (χ3n) is 3.05. The Hall–Kier alpha value is -1.50. The van der Waals surface area contributed by atoms with E-state index >= 15 is 0 Å². The van der Waals surface area contributed by atoms with Crippen LogP contribution in [0.1, 0.15) is 19.3 Å². The van der Waals surface area contributed by atoms with Crippen molar-refractivity contribution in [3.05, 3.63) is 28.9 Å². The van der Waals surface area contributed by atoms with E-state index in [1.54, 1.807) is 18.3 Å². The highest BCUT2D eigenvalue weighted by molar-refractivity contribution is 9.10. The summed E-state index contributed by atoms with van der Waals surface area (Å²) in [4.78, 5) is 4.31. The van der Waals surface area contributed by atoms with Crippen LogP contribution in [0.15, 0.2) is 28.9 Å². The van der Waals surface area contributed by atoms with Crippen molar-refractivity contribution in [3.8, 4) is 0 Å². The van der Waals surface area contributed by atoms with Crippen LogP contribution < -0.4 is 11.1 Å². The van der Waals surface area contributed by atoms with E-state index in [4.69, 9.17) is 5.73 Å². The molecule has 0 aliphatic carbocycles. The Balaban J connectivity index is 2.01. The molecule has 114 valence electrons. The van der Waals surface area contributed by atoms with Gasteiger partial charge in [-0.3, -0.25) is 4.98 Å². The van der Waals surface area contributed by atoms with E-state index in [-0.39, 0.29) is 6.42 Å². The van der Waals surface area contributed by atoms with Crippen molar-refractivity contribution in [1.82, 2.24) is 4.98 Å². The van der Waals surface area contributed by atoms with Crippen LogP contribution in [0.25, 0.3) is 10.9 Å². The molecule has 0 spiro atoms. The fraction of sp³-hybridized carbons (Fsp3) is 0.357. The molecule has 0 aliphatic rings. The van der Waals surface area contributed by atoms with Gasteiger partial charge in [0.05, 0.1) is 11.2 Å². The number of rotatable bonds is 5. The fourth-order valence-electron chi connectivity index (χ4n) is 2.03. The van der Waals surface area contributed by atoms with Gasteiger partial charge in [-0.05, 0) is 47.0 Å². The van der Waals surface area contributed by atoms with Crippen molar-refractivity contribution in [2.24, 2.45) is 0 Å². The van der Waals surface area contributed by atoms with E-state index in [0.717, 1.165) is 15.5 Å². The molecule has 0 amide bonds. The molecule has 1 heterocycles. The number of aromatic nitrogens is 1. The number of fused-ring (bicyclic) bond motifs is 1. The van der Waals surface area contributed by atoms with Crippen molar-refractivity contribution in [2.75, 3.05) is 17.6 Å². The number of hydrogen-bond acceptors (Lipinski definition) is 3. The number of nitrogens with two attached hydrogens (primary N) is 1. The van der Waals surface area contributed by atoms with Gasteiger partial charge in [-0.1, -0.05) is 0 Å². The zero-order valence-corrected chi connectivity index (χ0v) is 12.8. The topological polar surface area (TPSA) is 50.9 Å². The quantitative estimate of drug-likeness (QED) is 0.598. The van der Waals surface area contributed by atoms with E-state index in [9.17, 15) is 13.2 Å². The fourth-order valence-corrected chi connectivity index (χ4v) is 2.36. The van der Waals surface area contributed by atoms with E-state index in [0.29, 0.717) is 24.2 Å². The van der Waals surface area contributed by atoms with Crippen molar-refractivity contribution < 1.29 is 13.2 Å². The lowest BCUT2D eigenvalue weighted by Crippen LogP contribution is -2.09. The highest BCUT2D eigenvalue weighted by atomic mass is 79.9. The number of nitrogens with one attached hydrogen (secondary N) is 1. The molecule has 0 aliphatic heterocycles. The normalized spacial score (nSPS) is 11.8. The Kier molecular flexibility index (Phi) is 4.92. The largest absolute Gasteiger partial charge is 0.398 e. The van der Waals surface area contributed by atoms with Crippen LogP contribution in [0, 0.1) is 0 Å². The molecular formula is C14H15BrF3N3. The Morgan fingerprint density at radius 1 is 1.24 bits per heavy atom. The molecule has 0 radical (unpaired) electrons. The average Bonchev–Trinajstić information content (AvgIpc) is 2.40. The molecule has 1 aromatic heterocycles. The lowest BCUT2D eigenvalue weighted by Gasteiger charge is -2.11. The molecular weight excluding hydrogens is 347 g/mol. The second kappa shape index (κ2) is 6.51. The summed E-state index contributed by atoms with van der Waals surface area (Å²) in [6.07, 6.45) is -2.61. The minimum absolute atomic E-state index is 0.113. The summed E-state index contributed by atoms with van der Waals surface area (Å²) in [5.74, 6) is 0. The number of nitrogen functional groups attached to an aromatic ring is 1. The SMILES string of the molecule is Nc1ccc(NCCCCC(F)(F)F)c2ncc(Br)cc12. The highest BCUT2D eigenvalue weighted by Gasteiger charge is 2.25. The molecule has 2 rings (SSSR count). The van der Waals surface area contributed by atoms with Crippen molar-refractivity contribution in [2.45, 2.75) is 25.4 Å². The summed E-state index contributed by atoms with van der Waals surface area (Å²) in [6.45, 7) is 0.465. The van der Waals surface area contributed by atoms with Gasteiger partial charge in [-0.2, -0.15) is 13.2 Å². The van der Waals surface area contributed by atoms with Crippen LogP contribution in [-0.2, 0) is 0 Å². The Bertz CT molecular complexity index is 629. The van der Waals surface area contributed by atoms with Crippen molar-refractivity contribution >= 4 is 38.2 Å². The first kappa shape index (κ1) is 15.9. The predicted molar refractivity (Wildman–Crippen MR) is 82.3 cm³/mol. The molecule has 1 aromatic carbocycles. The molecule has 0 unspecified atom stereocenters. The second-order valence-electron chi connectivity index (χ2n) is 4.75. The van der Waals surface area contributed by atoms with Gasteiger partial charge in [-0.25, -0.2) is 0 Å². The van der Waals surface area contributed by atoms with Crippen LogP contribution in [0.2, 0.25) is 0 Å². The molecule has 0 fully saturated rings. The minimum Gasteiger partial charge on any atom is -0.398 e. The van der Waals surface area contributed by atoms with Crippen LogP contribution in [0.4, 0.5) is 24.5 Å². The molecule has 0 saturated heterocycles. The number of alkyl halides is 3. The zero-order valence-electron chi connectivity index (χ0n) is 11.2. The number of pyridine rings is 1. The molecule has 0 saturated carbocycles. The zero-order chi connectivity index (χ0) is 15.5. The first-order chi connectivity index (χ1) is 9.87. The smallest absolute Gasteiger partial charge is 0.389 e. The summed E-state index contributed by atoms with van der Waals surface area (Å²) in [6, 6.07) is 5.42. The van der Waals surface area contributed by atoms with Crippen molar-refractivity contribution in [3.63, 3.8) is 0 Å². The summed E-state index contributed by atoms with van der Waals surface area (Å²) in [7, 11) is 0. The highest BCUT2D eigenvalue weighted by Crippen LogP contribution is 2.29. The summed E-state index contributed by atoms with van der Waals surface area (Å²) in [5.41, 5.74) is 8.01. The number of benzene rings is 1. The van der Waals surface area contributed by atoms with E-state index in [2.05, 4.69) is 26.2 Å². The second-order valence-corrected chi connectivity index (χ2v) is 5.67. The maximum absolute atomic E-state index is 12.0. The number of hydrogen-bond donors (Lipinski definition) is 2. The molecule has 0 atom stereocenters. The lowest BCUT2D eigenvalue weighted by molar-refractivity contribution is -0.135. The molecule has 3 nitrogen and oxygen atoms in total. The number of halogens is 4. The molecule has 2 aromatic rings. The Morgan fingerprint density at radius 2 is 2.00 bits per heavy atom. The van der Waals surface area contributed by atoms with Gasteiger partial charge in [0.25, 0.3) is 0 Å². The third kappa shape index (κ3) is 4.49.